The Bertz CT molecular complexity index is 176. The topological polar surface area (TPSA) is 24.5 Å². The van der Waals surface area contributed by atoms with E-state index in [2.05, 4.69) is 17.1 Å². The Balaban J connectivity index is 1.68. The third kappa shape index (κ3) is 3.44. The van der Waals surface area contributed by atoms with Gasteiger partial charge in [0.05, 0.1) is 12.7 Å². The number of nitrogens with zero attached hydrogens (tertiary/aromatic N) is 1. The van der Waals surface area contributed by atoms with Crippen LogP contribution in [0.4, 0.5) is 0 Å². The molecule has 2 aliphatic rings. The van der Waals surface area contributed by atoms with Crippen LogP contribution in [0.3, 0.4) is 0 Å². The second-order valence-corrected chi connectivity index (χ2v) is 4.85. The van der Waals surface area contributed by atoms with E-state index in [0.717, 1.165) is 38.7 Å². The largest absolute Gasteiger partial charge is 0.374 e. The van der Waals surface area contributed by atoms with Gasteiger partial charge in [0.2, 0.25) is 0 Å². The molecule has 0 amide bonds. The Morgan fingerprint density at radius 3 is 2.73 bits per heavy atom. The number of rotatable bonds is 5. The summed E-state index contributed by atoms with van der Waals surface area (Å²) in [5.41, 5.74) is 0. The van der Waals surface area contributed by atoms with Gasteiger partial charge in [0.25, 0.3) is 0 Å². The highest BCUT2D eigenvalue weighted by Gasteiger charge is 2.22. The van der Waals surface area contributed by atoms with E-state index >= 15 is 0 Å². The summed E-state index contributed by atoms with van der Waals surface area (Å²) in [5.74, 6) is 0.974. The standard InChI is InChI=1S/C12H24N2O/c1-2-14(9-11-4-3-5-11)10-12-8-13-6-7-15-12/h11-13H,2-10H2,1H3. The summed E-state index contributed by atoms with van der Waals surface area (Å²) in [6.45, 7) is 8.75. The van der Waals surface area contributed by atoms with E-state index < -0.39 is 0 Å². The Morgan fingerprint density at radius 2 is 2.20 bits per heavy atom. The first-order valence-electron chi connectivity index (χ1n) is 6.43. The van der Waals surface area contributed by atoms with E-state index in [1.165, 1.54) is 25.8 Å². The molecule has 88 valence electrons. The molecule has 2 rings (SSSR count). The van der Waals surface area contributed by atoms with Gasteiger partial charge >= 0.3 is 0 Å². The normalized spacial score (nSPS) is 28.0. The molecule has 1 aliphatic heterocycles. The van der Waals surface area contributed by atoms with Gasteiger partial charge in [0.15, 0.2) is 0 Å². The van der Waals surface area contributed by atoms with Crippen molar-refractivity contribution < 1.29 is 4.74 Å². The number of likely N-dealkylation sites (N-methyl/N-ethyl adjacent to an activating group) is 1. The highest BCUT2D eigenvalue weighted by atomic mass is 16.5. The minimum absolute atomic E-state index is 0.416. The molecule has 0 spiro atoms. The van der Waals surface area contributed by atoms with E-state index in [1.54, 1.807) is 0 Å². The Hall–Kier alpha value is -0.120. The highest BCUT2D eigenvalue weighted by Crippen LogP contribution is 2.27. The van der Waals surface area contributed by atoms with Crippen molar-refractivity contribution in [3.63, 3.8) is 0 Å². The first-order valence-corrected chi connectivity index (χ1v) is 6.43. The maximum atomic E-state index is 5.74. The van der Waals surface area contributed by atoms with Crippen LogP contribution in [0.5, 0.6) is 0 Å². The van der Waals surface area contributed by atoms with E-state index in [4.69, 9.17) is 4.74 Å². The predicted octanol–water partition coefficient (Wildman–Crippen LogP) is 1.10. The lowest BCUT2D eigenvalue weighted by Crippen LogP contribution is -2.46. The van der Waals surface area contributed by atoms with Gasteiger partial charge in [0.1, 0.15) is 0 Å². The molecule has 1 atom stereocenters. The summed E-state index contributed by atoms with van der Waals surface area (Å²) < 4.78 is 5.74. The van der Waals surface area contributed by atoms with Crippen molar-refractivity contribution in [3.8, 4) is 0 Å². The fourth-order valence-corrected chi connectivity index (χ4v) is 2.40. The maximum absolute atomic E-state index is 5.74. The van der Waals surface area contributed by atoms with Crippen LogP contribution in [0.15, 0.2) is 0 Å². The summed E-state index contributed by atoms with van der Waals surface area (Å²) in [7, 11) is 0. The molecule has 0 radical (unpaired) electrons. The molecule has 1 heterocycles. The lowest BCUT2D eigenvalue weighted by Gasteiger charge is -2.34. The number of hydrogen-bond acceptors (Lipinski definition) is 3. The minimum atomic E-state index is 0.416. The van der Waals surface area contributed by atoms with Gasteiger partial charge in [-0.15, -0.1) is 0 Å². The molecule has 0 aromatic heterocycles. The average molecular weight is 212 g/mol. The van der Waals surface area contributed by atoms with Crippen molar-refractivity contribution >= 4 is 0 Å². The smallest absolute Gasteiger partial charge is 0.0826 e. The van der Waals surface area contributed by atoms with Crippen LogP contribution in [0.1, 0.15) is 26.2 Å². The van der Waals surface area contributed by atoms with Crippen LogP contribution in [-0.2, 0) is 4.74 Å². The van der Waals surface area contributed by atoms with Crippen molar-refractivity contribution in [3.05, 3.63) is 0 Å². The van der Waals surface area contributed by atoms with Crippen molar-refractivity contribution in [2.75, 3.05) is 39.3 Å². The van der Waals surface area contributed by atoms with Crippen LogP contribution in [0, 0.1) is 5.92 Å². The summed E-state index contributed by atoms with van der Waals surface area (Å²) in [4.78, 5) is 2.56. The third-order valence-electron chi connectivity index (χ3n) is 3.65. The summed E-state index contributed by atoms with van der Waals surface area (Å²) in [6.07, 6.45) is 4.75. The first-order chi connectivity index (χ1) is 7.38. The summed E-state index contributed by atoms with van der Waals surface area (Å²) >= 11 is 0. The molecule has 1 unspecified atom stereocenters. The zero-order valence-corrected chi connectivity index (χ0v) is 9.87. The summed E-state index contributed by atoms with van der Waals surface area (Å²) in [5, 5.41) is 3.39. The van der Waals surface area contributed by atoms with Crippen LogP contribution in [0.2, 0.25) is 0 Å². The van der Waals surface area contributed by atoms with Crippen LogP contribution < -0.4 is 5.32 Å². The van der Waals surface area contributed by atoms with E-state index in [-0.39, 0.29) is 0 Å². The van der Waals surface area contributed by atoms with E-state index in [1.807, 2.05) is 0 Å². The lowest BCUT2D eigenvalue weighted by molar-refractivity contribution is 0.00143. The maximum Gasteiger partial charge on any atom is 0.0826 e. The Morgan fingerprint density at radius 1 is 1.33 bits per heavy atom. The second kappa shape index (κ2) is 5.83. The molecule has 3 nitrogen and oxygen atoms in total. The molecule has 15 heavy (non-hydrogen) atoms. The van der Waals surface area contributed by atoms with Gasteiger partial charge in [-0.2, -0.15) is 0 Å². The van der Waals surface area contributed by atoms with Gasteiger partial charge < -0.3 is 15.0 Å². The zero-order chi connectivity index (χ0) is 10.5. The molecule has 2 fully saturated rings. The van der Waals surface area contributed by atoms with Crippen LogP contribution in [-0.4, -0.2) is 50.3 Å². The SMILES string of the molecule is CCN(CC1CCC1)CC1CNCCO1. The average Bonchev–Trinajstić information content (AvgIpc) is 2.23. The third-order valence-corrected chi connectivity index (χ3v) is 3.65. The van der Waals surface area contributed by atoms with Crippen LogP contribution >= 0.6 is 0 Å². The molecule has 1 saturated carbocycles. The molecule has 0 aromatic rings. The lowest BCUT2D eigenvalue weighted by atomic mass is 9.85. The fourth-order valence-electron chi connectivity index (χ4n) is 2.40. The zero-order valence-electron chi connectivity index (χ0n) is 9.87. The summed E-state index contributed by atoms with van der Waals surface area (Å²) in [6, 6.07) is 0. The number of hydrogen-bond donors (Lipinski definition) is 1. The fraction of sp³-hybridized carbons (Fsp3) is 1.00. The molecule has 1 aliphatic carbocycles. The van der Waals surface area contributed by atoms with Crippen LogP contribution in [0.25, 0.3) is 0 Å². The molecule has 1 saturated heterocycles. The second-order valence-electron chi connectivity index (χ2n) is 4.85. The van der Waals surface area contributed by atoms with Crippen molar-refractivity contribution in [1.82, 2.24) is 10.2 Å². The predicted molar refractivity (Wildman–Crippen MR) is 62.1 cm³/mol. The molecule has 3 heteroatoms. The van der Waals surface area contributed by atoms with E-state index in [0.29, 0.717) is 6.10 Å². The van der Waals surface area contributed by atoms with Gasteiger partial charge in [-0.3, -0.25) is 0 Å². The van der Waals surface area contributed by atoms with Gasteiger partial charge in [-0.05, 0) is 25.3 Å². The van der Waals surface area contributed by atoms with Gasteiger partial charge in [-0.25, -0.2) is 0 Å². The molecule has 0 aromatic carbocycles. The first kappa shape index (κ1) is 11.4. The Labute approximate surface area is 93.2 Å². The Kier molecular flexibility index (Phi) is 4.42. The van der Waals surface area contributed by atoms with Crippen molar-refractivity contribution in [2.45, 2.75) is 32.3 Å². The highest BCUT2D eigenvalue weighted by molar-refractivity contribution is 4.77. The van der Waals surface area contributed by atoms with Crippen molar-refractivity contribution in [2.24, 2.45) is 5.92 Å². The molecule has 1 N–H and O–H groups in total. The monoisotopic (exact) mass is 212 g/mol. The molecule has 0 bridgehead atoms. The van der Waals surface area contributed by atoms with Gasteiger partial charge in [0, 0.05) is 26.2 Å². The quantitative estimate of drug-likeness (QED) is 0.738. The van der Waals surface area contributed by atoms with Crippen molar-refractivity contribution in [1.29, 1.82) is 0 Å². The minimum Gasteiger partial charge on any atom is -0.374 e. The number of nitrogens with one attached hydrogen (secondary N) is 1. The van der Waals surface area contributed by atoms with E-state index in [9.17, 15) is 0 Å². The van der Waals surface area contributed by atoms with Gasteiger partial charge in [-0.1, -0.05) is 13.3 Å². The molecular formula is C12H24N2O. The number of morpholine rings is 1. The number of ether oxygens (including phenoxy) is 1. The molecular weight excluding hydrogens is 188 g/mol.